The van der Waals surface area contributed by atoms with Gasteiger partial charge in [-0.25, -0.2) is 4.98 Å². The highest BCUT2D eigenvalue weighted by atomic mass is 16.5. The third-order valence-electron chi connectivity index (χ3n) is 4.63. The molecular weight excluding hydrogens is 314 g/mol. The van der Waals surface area contributed by atoms with E-state index in [-0.39, 0.29) is 0 Å². The van der Waals surface area contributed by atoms with Crippen LogP contribution in [0.2, 0.25) is 0 Å². The van der Waals surface area contributed by atoms with Crippen molar-refractivity contribution < 1.29 is 4.74 Å². The predicted octanol–water partition coefficient (Wildman–Crippen LogP) is 2.09. The van der Waals surface area contributed by atoms with E-state index < -0.39 is 0 Å². The average molecular weight is 337 g/mol. The number of nitrogens with zero attached hydrogens (tertiary/aromatic N) is 4. The topological polar surface area (TPSA) is 55.2 Å². The molecule has 2 aromatic heterocycles. The predicted molar refractivity (Wildman–Crippen MR) is 98.5 cm³/mol. The zero-order chi connectivity index (χ0) is 17.1. The highest BCUT2D eigenvalue weighted by Gasteiger charge is 2.17. The lowest BCUT2D eigenvalue weighted by Crippen LogP contribution is -2.37. The number of hydrogen-bond acceptors (Lipinski definition) is 5. The molecule has 6 heteroatoms. The van der Waals surface area contributed by atoms with Crippen molar-refractivity contribution in [1.82, 2.24) is 20.1 Å². The summed E-state index contributed by atoms with van der Waals surface area (Å²) in [5.74, 6) is 1.07. The lowest BCUT2D eigenvalue weighted by molar-refractivity contribution is 0.122. The van der Waals surface area contributed by atoms with Gasteiger partial charge in [0, 0.05) is 50.4 Å². The standard InChI is InChI=1S/C19H23N5O/c1-23-17(6-7-21-23)14-20-13-16-12-15-4-2-3-5-18(15)22-19(16)24-8-10-25-11-9-24/h2-7,12,20H,8-11,13-14H2,1H3. The number of benzene rings is 1. The maximum atomic E-state index is 5.50. The normalized spacial score (nSPS) is 15.0. The van der Waals surface area contributed by atoms with Gasteiger partial charge in [-0.3, -0.25) is 4.68 Å². The second kappa shape index (κ2) is 7.21. The van der Waals surface area contributed by atoms with Crippen LogP contribution in [0.3, 0.4) is 0 Å². The first kappa shape index (κ1) is 16.1. The van der Waals surface area contributed by atoms with Gasteiger partial charge in [-0.2, -0.15) is 5.10 Å². The molecule has 1 aliphatic heterocycles. The number of fused-ring (bicyclic) bond motifs is 1. The number of anilines is 1. The van der Waals surface area contributed by atoms with Crippen molar-refractivity contribution in [3.63, 3.8) is 0 Å². The number of hydrogen-bond donors (Lipinski definition) is 1. The molecule has 0 saturated carbocycles. The molecule has 25 heavy (non-hydrogen) atoms. The van der Waals surface area contributed by atoms with E-state index in [0.717, 1.165) is 50.7 Å². The molecule has 0 radical (unpaired) electrons. The van der Waals surface area contributed by atoms with Gasteiger partial charge in [-0.05, 0) is 18.2 Å². The SMILES string of the molecule is Cn1nccc1CNCc1cc2ccccc2nc1N1CCOCC1. The number of morpholine rings is 1. The summed E-state index contributed by atoms with van der Waals surface area (Å²) in [6, 6.07) is 12.6. The number of para-hydroxylation sites is 1. The van der Waals surface area contributed by atoms with Crippen molar-refractivity contribution in [2.24, 2.45) is 7.05 Å². The highest BCUT2D eigenvalue weighted by molar-refractivity contribution is 5.81. The molecule has 1 saturated heterocycles. The van der Waals surface area contributed by atoms with Crippen LogP contribution in [0, 0.1) is 0 Å². The fourth-order valence-corrected chi connectivity index (χ4v) is 3.23. The molecule has 0 atom stereocenters. The minimum atomic E-state index is 0.760. The van der Waals surface area contributed by atoms with Crippen LogP contribution in [0.15, 0.2) is 42.6 Å². The fraction of sp³-hybridized carbons (Fsp3) is 0.368. The Morgan fingerprint density at radius 3 is 2.76 bits per heavy atom. The second-order valence-electron chi connectivity index (χ2n) is 6.31. The third-order valence-corrected chi connectivity index (χ3v) is 4.63. The van der Waals surface area contributed by atoms with Crippen LogP contribution in [0.4, 0.5) is 5.82 Å². The van der Waals surface area contributed by atoms with E-state index in [0.29, 0.717) is 0 Å². The van der Waals surface area contributed by atoms with Crippen molar-refractivity contribution >= 4 is 16.7 Å². The molecule has 1 aromatic carbocycles. The molecule has 6 nitrogen and oxygen atoms in total. The van der Waals surface area contributed by atoms with Crippen molar-refractivity contribution in [2.45, 2.75) is 13.1 Å². The third kappa shape index (κ3) is 3.50. The lowest BCUT2D eigenvalue weighted by atomic mass is 10.1. The Labute approximate surface area is 147 Å². The van der Waals surface area contributed by atoms with E-state index in [9.17, 15) is 0 Å². The molecule has 0 aliphatic carbocycles. The van der Waals surface area contributed by atoms with Gasteiger partial charge in [-0.1, -0.05) is 18.2 Å². The van der Waals surface area contributed by atoms with Crippen LogP contribution in [0.25, 0.3) is 10.9 Å². The van der Waals surface area contributed by atoms with Crippen molar-refractivity contribution in [1.29, 1.82) is 0 Å². The van der Waals surface area contributed by atoms with Gasteiger partial charge in [-0.15, -0.1) is 0 Å². The molecule has 1 aliphatic rings. The maximum Gasteiger partial charge on any atom is 0.133 e. The molecule has 4 rings (SSSR count). The van der Waals surface area contributed by atoms with Gasteiger partial charge in [0.1, 0.15) is 5.82 Å². The number of pyridine rings is 1. The molecule has 0 unspecified atom stereocenters. The summed E-state index contributed by atoms with van der Waals surface area (Å²) in [7, 11) is 1.97. The molecule has 0 amide bonds. The Balaban J connectivity index is 1.59. The lowest BCUT2D eigenvalue weighted by Gasteiger charge is -2.30. The number of aryl methyl sites for hydroxylation is 1. The van der Waals surface area contributed by atoms with Crippen molar-refractivity contribution in [2.75, 3.05) is 31.2 Å². The van der Waals surface area contributed by atoms with E-state index in [1.54, 1.807) is 0 Å². The van der Waals surface area contributed by atoms with E-state index in [4.69, 9.17) is 9.72 Å². The zero-order valence-electron chi connectivity index (χ0n) is 14.5. The molecule has 0 bridgehead atoms. The second-order valence-corrected chi connectivity index (χ2v) is 6.31. The van der Waals surface area contributed by atoms with Gasteiger partial charge in [0.2, 0.25) is 0 Å². The highest BCUT2D eigenvalue weighted by Crippen LogP contribution is 2.24. The Bertz CT molecular complexity index is 854. The van der Waals surface area contributed by atoms with E-state index >= 15 is 0 Å². The summed E-state index contributed by atoms with van der Waals surface area (Å²) in [5.41, 5.74) is 3.43. The van der Waals surface area contributed by atoms with Crippen LogP contribution in [-0.4, -0.2) is 41.1 Å². The van der Waals surface area contributed by atoms with Crippen LogP contribution in [0.5, 0.6) is 0 Å². The molecule has 1 N–H and O–H groups in total. The fourth-order valence-electron chi connectivity index (χ4n) is 3.23. The Morgan fingerprint density at radius 1 is 1.12 bits per heavy atom. The van der Waals surface area contributed by atoms with Crippen LogP contribution >= 0.6 is 0 Å². The Hall–Kier alpha value is -2.44. The zero-order valence-corrected chi connectivity index (χ0v) is 14.5. The smallest absolute Gasteiger partial charge is 0.133 e. The summed E-state index contributed by atoms with van der Waals surface area (Å²) >= 11 is 0. The van der Waals surface area contributed by atoms with Crippen LogP contribution in [0.1, 0.15) is 11.3 Å². The Kier molecular flexibility index (Phi) is 4.63. The monoisotopic (exact) mass is 337 g/mol. The summed E-state index contributed by atoms with van der Waals surface area (Å²) in [6.07, 6.45) is 1.83. The van der Waals surface area contributed by atoms with Crippen molar-refractivity contribution in [3.8, 4) is 0 Å². The number of ether oxygens (including phenoxy) is 1. The van der Waals surface area contributed by atoms with Gasteiger partial charge in [0.05, 0.1) is 24.4 Å². The number of rotatable bonds is 5. The maximum absolute atomic E-state index is 5.50. The molecule has 0 spiro atoms. The molecule has 1 fully saturated rings. The van der Waals surface area contributed by atoms with Gasteiger partial charge >= 0.3 is 0 Å². The summed E-state index contributed by atoms with van der Waals surface area (Å²) in [4.78, 5) is 7.28. The Morgan fingerprint density at radius 2 is 1.96 bits per heavy atom. The van der Waals surface area contributed by atoms with Gasteiger partial charge in [0.15, 0.2) is 0 Å². The number of aromatic nitrogens is 3. The average Bonchev–Trinajstić information content (AvgIpc) is 3.07. The van der Waals surface area contributed by atoms with Crippen LogP contribution < -0.4 is 10.2 Å². The largest absolute Gasteiger partial charge is 0.378 e. The summed E-state index contributed by atoms with van der Waals surface area (Å²) in [6.45, 7) is 4.86. The first-order valence-electron chi connectivity index (χ1n) is 8.70. The first-order chi connectivity index (χ1) is 12.3. The van der Waals surface area contributed by atoms with Gasteiger partial charge in [0.25, 0.3) is 0 Å². The number of nitrogens with one attached hydrogen (secondary N) is 1. The van der Waals surface area contributed by atoms with E-state index in [2.05, 4.69) is 39.6 Å². The van der Waals surface area contributed by atoms with Gasteiger partial charge < -0.3 is 15.0 Å². The summed E-state index contributed by atoms with van der Waals surface area (Å²) < 4.78 is 7.39. The van der Waals surface area contributed by atoms with Crippen LogP contribution in [-0.2, 0) is 24.9 Å². The van der Waals surface area contributed by atoms with Crippen molar-refractivity contribution in [3.05, 3.63) is 53.9 Å². The van der Waals surface area contributed by atoms with E-state index in [1.807, 2.05) is 30.1 Å². The molecule has 130 valence electrons. The quantitative estimate of drug-likeness (QED) is 0.773. The minimum absolute atomic E-state index is 0.760. The summed E-state index contributed by atoms with van der Waals surface area (Å²) in [5, 5.41) is 8.92. The first-order valence-corrected chi connectivity index (χ1v) is 8.70. The molecular formula is C19H23N5O. The molecule has 3 heterocycles. The van der Waals surface area contributed by atoms with E-state index in [1.165, 1.54) is 16.6 Å². The minimum Gasteiger partial charge on any atom is -0.378 e. The molecule has 3 aromatic rings.